The Morgan fingerprint density at radius 3 is 2.56 bits per heavy atom. The maximum Gasteiger partial charge on any atom is 0.147 e. The van der Waals surface area contributed by atoms with Crippen molar-refractivity contribution in [2.45, 2.75) is 0 Å². The smallest absolute Gasteiger partial charge is 0.147 e. The molecule has 0 fully saturated rings. The summed E-state index contributed by atoms with van der Waals surface area (Å²) in [5.74, 6) is -0.329. The Kier molecular flexibility index (Phi) is 7.06. The van der Waals surface area contributed by atoms with Crippen LogP contribution in [0.15, 0.2) is 25.2 Å². The van der Waals surface area contributed by atoms with Gasteiger partial charge >= 0.3 is 0 Å². The molecule has 0 atom stereocenters. The molecule has 0 radical (unpaired) electrons. The highest BCUT2D eigenvalue weighted by Gasteiger charge is 1.80. The van der Waals surface area contributed by atoms with Gasteiger partial charge in [-0.05, 0) is 26.7 Å². The summed E-state index contributed by atoms with van der Waals surface area (Å²) in [4.78, 5) is 3.60. The lowest BCUT2D eigenvalue weighted by Gasteiger charge is -1.76. The molecule has 0 aromatic rings. The van der Waals surface area contributed by atoms with E-state index in [-0.39, 0.29) is 5.83 Å². The van der Waals surface area contributed by atoms with Crippen LogP contribution in [0.5, 0.6) is 0 Å². The second-order valence-corrected chi connectivity index (χ2v) is 2.39. The molecule has 0 aliphatic carbocycles. The second kappa shape index (κ2) is 6.66. The largest absolute Gasteiger partial charge is 0.261 e. The van der Waals surface area contributed by atoms with Gasteiger partial charge < -0.3 is 0 Å². The number of nitrogens with zero attached hydrogens (tertiary/aromatic N) is 1. The first-order chi connectivity index (χ1) is 4.31. The molecule has 50 valence electrons. The zero-order valence-electron chi connectivity index (χ0n) is 4.39. The van der Waals surface area contributed by atoms with Gasteiger partial charge in [0.1, 0.15) is 5.83 Å². The van der Waals surface area contributed by atoms with Crippen molar-refractivity contribution < 1.29 is 4.39 Å². The van der Waals surface area contributed by atoms with Crippen molar-refractivity contribution in [2.24, 2.45) is 4.99 Å². The second-order valence-electron chi connectivity index (χ2n) is 1.05. The number of hydrogen-bond acceptors (Lipinski definition) is 1. The molecule has 0 aromatic heterocycles. The third kappa shape index (κ3) is 6.42. The van der Waals surface area contributed by atoms with Crippen molar-refractivity contribution in [3.05, 3.63) is 20.2 Å². The molecule has 0 spiro atoms. The van der Waals surface area contributed by atoms with E-state index in [9.17, 15) is 4.39 Å². The molecule has 0 saturated heterocycles. The summed E-state index contributed by atoms with van der Waals surface area (Å²) in [6, 6.07) is 0. The van der Waals surface area contributed by atoms with E-state index in [4.69, 9.17) is 0 Å². The summed E-state index contributed by atoms with van der Waals surface area (Å²) < 4.78 is 15.1. The lowest BCUT2D eigenvalue weighted by atomic mass is 10.7. The lowest BCUT2D eigenvalue weighted by Crippen LogP contribution is -1.68. The van der Waals surface area contributed by atoms with E-state index >= 15 is 0 Å². The van der Waals surface area contributed by atoms with Crippen LogP contribution in [0.3, 0.4) is 0 Å². The molecule has 4 heteroatoms. The highest BCUT2D eigenvalue weighted by Crippen LogP contribution is 1.96. The maximum atomic E-state index is 12.1. The Balaban J connectivity index is 3.71. The third-order valence-electron chi connectivity index (χ3n) is 0.445. The predicted octanol–water partition coefficient (Wildman–Crippen LogP) is 3.21. The highest BCUT2D eigenvalue weighted by atomic mass is 127. The van der Waals surface area contributed by atoms with Crippen molar-refractivity contribution in [3.8, 4) is 0 Å². The predicted molar refractivity (Wildman–Crippen MR) is 54.9 cm³/mol. The normalized spacial score (nSPS) is 13.9. The average molecular weight is 351 g/mol. The fraction of sp³-hybridized carbons (Fsp3) is 0. The first kappa shape index (κ1) is 9.54. The van der Waals surface area contributed by atoms with Gasteiger partial charge in [0.05, 0.1) is 6.21 Å². The van der Waals surface area contributed by atoms with E-state index in [0.717, 1.165) is 6.21 Å². The number of allylic oxidation sites excluding steroid dienone is 1. The van der Waals surface area contributed by atoms with Crippen LogP contribution in [0.1, 0.15) is 0 Å². The van der Waals surface area contributed by atoms with Gasteiger partial charge in [-0.3, -0.25) is 4.99 Å². The Morgan fingerprint density at radius 2 is 2.11 bits per heavy atom. The van der Waals surface area contributed by atoms with Crippen LogP contribution >= 0.6 is 45.2 Å². The van der Waals surface area contributed by atoms with Crippen LogP contribution in [0.25, 0.3) is 0 Å². The van der Waals surface area contributed by atoms with Gasteiger partial charge in [0.25, 0.3) is 0 Å². The Hall–Kier alpha value is 0.540. The lowest BCUT2D eigenvalue weighted by molar-refractivity contribution is 0.690. The molecule has 0 aromatic carbocycles. The van der Waals surface area contributed by atoms with E-state index < -0.39 is 0 Å². The standard InChI is InChI=1S/C5H4FI2N/c6-5(3-8)4-9-2-1-7/h1-4H/b2-1-,5-3-,9-4-. The molecular weight excluding hydrogens is 347 g/mol. The first-order valence-corrected chi connectivity index (χ1v) is 4.54. The van der Waals surface area contributed by atoms with Crippen molar-refractivity contribution in [3.63, 3.8) is 0 Å². The molecule has 0 bridgehead atoms. The molecule has 1 nitrogen and oxygen atoms in total. The Labute approximate surface area is 80.4 Å². The number of rotatable bonds is 2. The molecule has 0 rings (SSSR count). The van der Waals surface area contributed by atoms with Gasteiger partial charge in [-0.2, -0.15) is 0 Å². The molecule has 0 aliphatic rings. The Bertz CT molecular complexity index is 151. The van der Waals surface area contributed by atoms with Gasteiger partial charge in [-0.25, -0.2) is 4.39 Å². The summed E-state index contributed by atoms with van der Waals surface area (Å²) in [6.07, 6.45) is 2.67. The van der Waals surface area contributed by atoms with Crippen LogP contribution in [-0.2, 0) is 0 Å². The molecule has 0 aliphatic heterocycles. The topological polar surface area (TPSA) is 12.4 Å². The fourth-order valence-electron chi connectivity index (χ4n) is 0.175. The minimum atomic E-state index is -0.329. The molecule has 0 heterocycles. The molecule has 0 amide bonds. The van der Waals surface area contributed by atoms with E-state index in [1.165, 1.54) is 10.3 Å². The molecular formula is C5H4FI2N. The van der Waals surface area contributed by atoms with Crippen LogP contribution < -0.4 is 0 Å². The van der Waals surface area contributed by atoms with E-state index in [2.05, 4.69) is 4.99 Å². The quantitative estimate of drug-likeness (QED) is 0.535. The van der Waals surface area contributed by atoms with Crippen molar-refractivity contribution in [1.29, 1.82) is 0 Å². The summed E-state index contributed by atoms with van der Waals surface area (Å²) >= 11 is 3.82. The van der Waals surface area contributed by atoms with Crippen LogP contribution in [0.2, 0.25) is 0 Å². The summed E-state index contributed by atoms with van der Waals surface area (Å²) in [6.45, 7) is 0. The molecule has 0 saturated carbocycles. The maximum absolute atomic E-state index is 12.1. The van der Waals surface area contributed by atoms with Gasteiger partial charge in [0.2, 0.25) is 0 Å². The fourth-order valence-corrected chi connectivity index (χ4v) is 0.521. The van der Waals surface area contributed by atoms with Crippen molar-refractivity contribution in [1.82, 2.24) is 0 Å². The monoisotopic (exact) mass is 351 g/mol. The Morgan fingerprint density at radius 1 is 1.44 bits per heavy atom. The van der Waals surface area contributed by atoms with E-state index in [1.54, 1.807) is 4.08 Å². The van der Waals surface area contributed by atoms with Crippen LogP contribution in [-0.4, -0.2) is 6.21 Å². The van der Waals surface area contributed by atoms with Gasteiger partial charge in [-0.1, -0.05) is 22.6 Å². The minimum Gasteiger partial charge on any atom is -0.261 e. The molecule has 9 heavy (non-hydrogen) atoms. The van der Waals surface area contributed by atoms with Gasteiger partial charge in [0.15, 0.2) is 0 Å². The number of hydrogen-bond donors (Lipinski definition) is 0. The van der Waals surface area contributed by atoms with Crippen LogP contribution in [0.4, 0.5) is 4.39 Å². The summed E-state index contributed by atoms with van der Waals surface area (Å²) in [5, 5.41) is 0. The SMILES string of the molecule is FC(/C=N\C=C/I)=C\I. The van der Waals surface area contributed by atoms with Gasteiger partial charge in [-0.15, -0.1) is 0 Å². The molecule has 0 unspecified atom stereocenters. The number of aliphatic imine (C=N–C) groups is 1. The summed E-state index contributed by atoms with van der Waals surface area (Å²) in [5.41, 5.74) is 0. The third-order valence-corrected chi connectivity index (χ3v) is 1.36. The number of halogens is 3. The van der Waals surface area contributed by atoms with E-state index in [0.29, 0.717) is 0 Å². The highest BCUT2D eigenvalue weighted by molar-refractivity contribution is 14.1. The zero-order valence-corrected chi connectivity index (χ0v) is 8.71. The first-order valence-electron chi connectivity index (χ1n) is 2.05. The van der Waals surface area contributed by atoms with Crippen molar-refractivity contribution >= 4 is 51.4 Å². The van der Waals surface area contributed by atoms with E-state index in [1.807, 2.05) is 45.2 Å². The average Bonchev–Trinajstić information content (AvgIpc) is 1.89. The molecule has 0 N–H and O–H groups in total. The zero-order chi connectivity index (χ0) is 7.11. The summed E-state index contributed by atoms with van der Waals surface area (Å²) in [7, 11) is 0. The van der Waals surface area contributed by atoms with Crippen LogP contribution in [0, 0.1) is 0 Å². The van der Waals surface area contributed by atoms with Crippen molar-refractivity contribution in [2.75, 3.05) is 0 Å². The minimum absolute atomic E-state index is 0.329. The van der Waals surface area contributed by atoms with Gasteiger partial charge in [0, 0.05) is 10.3 Å².